The van der Waals surface area contributed by atoms with E-state index in [1.807, 2.05) is 5.01 Å². The van der Waals surface area contributed by atoms with Crippen molar-refractivity contribution in [3.05, 3.63) is 83.5 Å². The van der Waals surface area contributed by atoms with Gasteiger partial charge in [0.15, 0.2) is 0 Å². The summed E-state index contributed by atoms with van der Waals surface area (Å²) in [5.41, 5.74) is 7.48. The minimum Gasteiger partial charge on any atom is -0.298 e. The third kappa shape index (κ3) is 6.71. The first-order valence-corrected chi connectivity index (χ1v) is 8.78. The zero-order valence-electron chi connectivity index (χ0n) is 15.6. The van der Waals surface area contributed by atoms with E-state index in [0.717, 1.165) is 24.2 Å². The second-order valence-corrected chi connectivity index (χ2v) is 6.58. The zero-order chi connectivity index (χ0) is 18.9. The van der Waals surface area contributed by atoms with Crippen molar-refractivity contribution in [2.75, 3.05) is 17.0 Å². The first kappa shape index (κ1) is 19.7. The maximum Gasteiger partial charge on any atom is 0.123 e. The second kappa shape index (κ2) is 9.76. The molecule has 0 aromatic heterocycles. The number of benzene rings is 2. The van der Waals surface area contributed by atoms with Gasteiger partial charge in [0.1, 0.15) is 11.6 Å². The molecule has 0 heterocycles. The second-order valence-electron chi connectivity index (χ2n) is 6.58. The molecule has 2 aromatic carbocycles. The third-order valence-corrected chi connectivity index (χ3v) is 3.96. The van der Waals surface area contributed by atoms with Crippen LogP contribution in [0.1, 0.15) is 33.6 Å². The van der Waals surface area contributed by atoms with Crippen LogP contribution >= 0.6 is 0 Å². The van der Waals surface area contributed by atoms with Gasteiger partial charge in [0, 0.05) is 0 Å². The fourth-order valence-electron chi connectivity index (χ4n) is 2.45. The lowest BCUT2D eigenvalue weighted by atomic mass is 10.1. The van der Waals surface area contributed by atoms with Crippen LogP contribution in [0.5, 0.6) is 0 Å². The van der Waals surface area contributed by atoms with E-state index in [9.17, 15) is 8.78 Å². The number of allylic oxidation sites excluding steroid dienone is 3. The summed E-state index contributed by atoms with van der Waals surface area (Å²) in [6.07, 6.45) is 6.40. The predicted molar refractivity (Wildman–Crippen MR) is 106 cm³/mol. The molecule has 26 heavy (non-hydrogen) atoms. The summed E-state index contributed by atoms with van der Waals surface area (Å²) in [4.78, 5) is 0. The number of anilines is 2. The highest BCUT2D eigenvalue weighted by Gasteiger charge is 2.06. The Hall–Kier alpha value is -2.62. The SMILES string of the molecule is CC(C)=CCC/C(C)=C/CN(Nc1ccc(F)cc1)c1ccc(F)cc1. The predicted octanol–water partition coefficient (Wildman–Crippen LogP) is 6.49. The summed E-state index contributed by atoms with van der Waals surface area (Å²) in [6.45, 7) is 6.92. The minimum atomic E-state index is -0.279. The smallest absolute Gasteiger partial charge is 0.123 e. The lowest BCUT2D eigenvalue weighted by Gasteiger charge is -2.25. The zero-order valence-corrected chi connectivity index (χ0v) is 15.6. The van der Waals surface area contributed by atoms with Gasteiger partial charge in [0.05, 0.1) is 17.9 Å². The van der Waals surface area contributed by atoms with Gasteiger partial charge in [0.25, 0.3) is 0 Å². The highest BCUT2D eigenvalue weighted by atomic mass is 19.1. The molecule has 2 nitrogen and oxygen atoms in total. The molecule has 0 aliphatic rings. The van der Waals surface area contributed by atoms with Crippen molar-refractivity contribution in [3.8, 4) is 0 Å². The molecule has 138 valence electrons. The van der Waals surface area contributed by atoms with Gasteiger partial charge in [-0.25, -0.2) is 8.78 Å². The molecule has 1 N–H and O–H groups in total. The minimum absolute atomic E-state index is 0.274. The molecular weight excluding hydrogens is 330 g/mol. The van der Waals surface area contributed by atoms with Crippen molar-refractivity contribution in [2.45, 2.75) is 33.6 Å². The largest absolute Gasteiger partial charge is 0.298 e. The molecule has 0 amide bonds. The Morgan fingerprint density at radius 3 is 2.04 bits per heavy atom. The summed E-state index contributed by atoms with van der Waals surface area (Å²) in [5, 5.41) is 1.91. The van der Waals surface area contributed by atoms with Gasteiger partial charge < -0.3 is 0 Å². The summed E-state index contributed by atoms with van der Waals surface area (Å²) >= 11 is 0. The quantitative estimate of drug-likeness (QED) is 0.429. The van der Waals surface area contributed by atoms with Gasteiger partial charge in [-0.3, -0.25) is 10.4 Å². The molecule has 0 spiro atoms. The van der Waals surface area contributed by atoms with E-state index >= 15 is 0 Å². The topological polar surface area (TPSA) is 15.3 Å². The van der Waals surface area contributed by atoms with Crippen molar-refractivity contribution < 1.29 is 8.78 Å². The molecule has 0 unspecified atom stereocenters. The van der Waals surface area contributed by atoms with E-state index in [4.69, 9.17) is 0 Å². The Labute approximate surface area is 154 Å². The molecular formula is C22H26F2N2. The van der Waals surface area contributed by atoms with Crippen molar-refractivity contribution >= 4 is 11.4 Å². The van der Waals surface area contributed by atoms with Crippen LogP contribution in [0.15, 0.2) is 71.8 Å². The molecule has 4 heteroatoms. The average molecular weight is 356 g/mol. The number of nitrogens with one attached hydrogen (secondary N) is 1. The van der Waals surface area contributed by atoms with Crippen LogP contribution in [-0.2, 0) is 0 Å². The third-order valence-electron chi connectivity index (χ3n) is 3.96. The molecule has 0 aliphatic heterocycles. The summed E-state index contributed by atoms with van der Waals surface area (Å²) in [6, 6.07) is 12.5. The Balaban J connectivity index is 2.10. The van der Waals surface area contributed by atoms with E-state index in [-0.39, 0.29) is 11.6 Å². The molecule has 2 aromatic rings. The van der Waals surface area contributed by atoms with Crippen LogP contribution in [0.2, 0.25) is 0 Å². The van der Waals surface area contributed by atoms with E-state index in [1.165, 1.54) is 35.4 Å². The number of hydrogen-bond donors (Lipinski definition) is 1. The van der Waals surface area contributed by atoms with Gasteiger partial charge in [-0.15, -0.1) is 0 Å². The molecule has 2 rings (SSSR count). The maximum absolute atomic E-state index is 13.2. The van der Waals surface area contributed by atoms with E-state index < -0.39 is 0 Å². The fourth-order valence-corrected chi connectivity index (χ4v) is 2.45. The molecule has 0 saturated heterocycles. The Kier molecular flexibility index (Phi) is 7.39. The average Bonchev–Trinajstić information content (AvgIpc) is 2.61. The van der Waals surface area contributed by atoms with Crippen LogP contribution in [0.4, 0.5) is 20.2 Å². The van der Waals surface area contributed by atoms with Gasteiger partial charge in [-0.2, -0.15) is 0 Å². The molecule has 0 bridgehead atoms. The highest BCUT2D eigenvalue weighted by Crippen LogP contribution is 2.18. The van der Waals surface area contributed by atoms with Crippen LogP contribution < -0.4 is 10.4 Å². The first-order chi connectivity index (χ1) is 12.4. The molecule has 0 fully saturated rings. The van der Waals surface area contributed by atoms with Crippen molar-refractivity contribution in [3.63, 3.8) is 0 Å². The van der Waals surface area contributed by atoms with Crippen LogP contribution in [0.3, 0.4) is 0 Å². The fraction of sp³-hybridized carbons (Fsp3) is 0.273. The van der Waals surface area contributed by atoms with Gasteiger partial charge in [-0.1, -0.05) is 23.3 Å². The van der Waals surface area contributed by atoms with Gasteiger partial charge in [-0.05, 0) is 82.1 Å². The Morgan fingerprint density at radius 1 is 0.885 bits per heavy atom. The van der Waals surface area contributed by atoms with Gasteiger partial charge >= 0.3 is 0 Å². The molecule has 0 aliphatic carbocycles. The number of halogens is 2. The van der Waals surface area contributed by atoms with Crippen molar-refractivity contribution in [2.24, 2.45) is 0 Å². The number of rotatable bonds is 8. The summed E-state index contributed by atoms with van der Waals surface area (Å²) in [7, 11) is 0. The Bertz CT molecular complexity index is 743. The van der Waals surface area contributed by atoms with Crippen LogP contribution in [-0.4, -0.2) is 6.54 Å². The lowest BCUT2D eigenvalue weighted by Crippen LogP contribution is -2.30. The normalized spacial score (nSPS) is 11.2. The van der Waals surface area contributed by atoms with E-state index in [0.29, 0.717) is 6.54 Å². The van der Waals surface area contributed by atoms with Crippen molar-refractivity contribution in [1.29, 1.82) is 0 Å². The number of hydrogen-bond acceptors (Lipinski definition) is 2. The van der Waals surface area contributed by atoms with Crippen molar-refractivity contribution in [1.82, 2.24) is 0 Å². The number of hydrazine groups is 1. The molecule has 0 saturated carbocycles. The standard InChI is InChI=1S/C22H26F2N2/c1-17(2)5-4-6-18(3)15-16-26(22-13-9-20(24)10-14-22)25-21-11-7-19(23)8-12-21/h5,7-15,25H,4,6,16H2,1-3H3/b18-15+. The van der Waals surface area contributed by atoms with E-state index in [2.05, 4.69) is 38.3 Å². The lowest BCUT2D eigenvalue weighted by molar-refractivity contribution is 0.627. The van der Waals surface area contributed by atoms with Crippen LogP contribution in [0.25, 0.3) is 0 Å². The molecule has 0 atom stereocenters. The summed E-state index contributed by atoms with van der Waals surface area (Å²) < 4.78 is 26.4. The summed E-state index contributed by atoms with van der Waals surface area (Å²) in [5.74, 6) is -0.553. The van der Waals surface area contributed by atoms with Crippen LogP contribution in [0, 0.1) is 11.6 Å². The first-order valence-electron chi connectivity index (χ1n) is 8.78. The maximum atomic E-state index is 13.2. The monoisotopic (exact) mass is 356 g/mol. The van der Waals surface area contributed by atoms with E-state index in [1.54, 1.807) is 24.3 Å². The van der Waals surface area contributed by atoms with Gasteiger partial charge in [0.2, 0.25) is 0 Å². The molecule has 0 radical (unpaired) electrons. The number of nitrogens with zero attached hydrogens (tertiary/aromatic N) is 1. The Morgan fingerprint density at radius 2 is 1.46 bits per heavy atom. The highest BCUT2D eigenvalue weighted by molar-refractivity contribution is 5.55.